The lowest BCUT2D eigenvalue weighted by atomic mass is 10.2. The van der Waals surface area contributed by atoms with E-state index in [0.717, 1.165) is 28.7 Å². The molecular formula is C13H16N2OS2. The number of anilines is 1. The first-order valence-corrected chi connectivity index (χ1v) is 8.19. The summed E-state index contributed by atoms with van der Waals surface area (Å²) < 4.78 is 7.98. The molecule has 2 heterocycles. The van der Waals surface area contributed by atoms with E-state index in [-0.39, 0.29) is 0 Å². The maximum atomic E-state index is 5.61. The van der Waals surface area contributed by atoms with Gasteiger partial charge in [-0.15, -0.1) is 11.3 Å². The Bertz CT molecular complexity index is 535. The lowest BCUT2D eigenvalue weighted by molar-refractivity contribution is 0.120. The molecule has 1 atom stereocenters. The quantitative estimate of drug-likeness (QED) is 0.868. The maximum absolute atomic E-state index is 5.61. The van der Waals surface area contributed by atoms with Crippen LogP contribution in [0.5, 0.6) is 0 Å². The minimum Gasteiger partial charge on any atom is -0.382 e. The van der Waals surface area contributed by atoms with E-state index in [1.165, 1.54) is 17.5 Å². The summed E-state index contributed by atoms with van der Waals surface area (Å²) in [4.78, 5) is 4.54. The summed E-state index contributed by atoms with van der Waals surface area (Å²) >= 11 is 3.45. The van der Waals surface area contributed by atoms with Gasteiger partial charge in [0.2, 0.25) is 0 Å². The SMILES string of the molecule is CSc1nc2ccc(NCC3CCCO3)cc2s1. The molecule has 1 aliphatic heterocycles. The van der Waals surface area contributed by atoms with Crippen LogP contribution in [0.4, 0.5) is 5.69 Å². The van der Waals surface area contributed by atoms with Crippen LogP contribution in [-0.2, 0) is 4.74 Å². The molecule has 5 heteroatoms. The molecule has 1 fully saturated rings. The smallest absolute Gasteiger partial charge is 0.150 e. The summed E-state index contributed by atoms with van der Waals surface area (Å²) in [5, 5.41) is 3.45. The second kappa shape index (κ2) is 5.47. The van der Waals surface area contributed by atoms with Gasteiger partial charge in [0.1, 0.15) is 0 Å². The molecule has 0 bridgehead atoms. The Morgan fingerprint density at radius 1 is 1.56 bits per heavy atom. The van der Waals surface area contributed by atoms with Crippen molar-refractivity contribution in [1.82, 2.24) is 4.98 Å². The number of rotatable bonds is 4. The van der Waals surface area contributed by atoms with E-state index in [9.17, 15) is 0 Å². The molecule has 1 saturated heterocycles. The molecule has 1 aromatic heterocycles. The highest BCUT2D eigenvalue weighted by Crippen LogP contribution is 2.30. The number of hydrogen-bond acceptors (Lipinski definition) is 5. The first kappa shape index (κ1) is 12.3. The third-order valence-electron chi connectivity index (χ3n) is 3.10. The number of hydrogen-bond donors (Lipinski definition) is 1. The summed E-state index contributed by atoms with van der Waals surface area (Å²) in [6.07, 6.45) is 4.81. The van der Waals surface area contributed by atoms with E-state index < -0.39 is 0 Å². The topological polar surface area (TPSA) is 34.2 Å². The Balaban J connectivity index is 1.71. The standard InChI is InChI=1S/C13H16N2OS2/c1-17-13-15-11-5-4-9(7-12(11)18-13)14-8-10-3-2-6-16-10/h4-5,7,10,14H,2-3,6,8H2,1H3. The van der Waals surface area contributed by atoms with Gasteiger partial charge in [0, 0.05) is 18.8 Å². The molecule has 96 valence electrons. The van der Waals surface area contributed by atoms with Crippen molar-refractivity contribution in [1.29, 1.82) is 0 Å². The Labute approximate surface area is 115 Å². The van der Waals surface area contributed by atoms with E-state index in [1.807, 2.05) is 0 Å². The Hall–Kier alpha value is -0.780. The van der Waals surface area contributed by atoms with Crippen LogP contribution in [0.15, 0.2) is 22.5 Å². The normalized spacial score (nSPS) is 19.5. The van der Waals surface area contributed by atoms with Crippen molar-refractivity contribution in [3.05, 3.63) is 18.2 Å². The number of nitrogens with zero attached hydrogens (tertiary/aromatic N) is 1. The minimum atomic E-state index is 0.379. The number of nitrogens with one attached hydrogen (secondary N) is 1. The second-order valence-corrected chi connectivity index (χ2v) is 6.47. The highest BCUT2D eigenvalue weighted by atomic mass is 32.2. The van der Waals surface area contributed by atoms with Crippen LogP contribution in [0.25, 0.3) is 10.2 Å². The van der Waals surface area contributed by atoms with Gasteiger partial charge in [0.05, 0.1) is 16.3 Å². The average Bonchev–Trinajstić information content (AvgIpc) is 3.04. The third-order valence-corrected chi connectivity index (χ3v) is 5.10. The molecule has 2 aromatic rings. The van der Waals surface area contributed by atoms with E-state index in [4.69, 9.17) is 4.74 Å². The first-order chi connectivity index (χ1) is 8.85. The third kappa shape index (κ3) is 2.63. The van der Waals surface area contributed by atoms with Gasteiger partial charge in [-0.1, -0.05) is 11.8 Å². The molecule has 0 saturated carbocycles. The molecule has 3 nitrogen and oxygen atoms in total. The predicted molar refractivity (Wildman–Crippen MR) is 78.9 cm³/mol. The highest BCUT2D eigenvalue weighted by molar-refractivity contribution is 8.00. The first-order valence-electron chi connectivity index (χ1n) is 6.15. The summed E-state index contributed by atoms with van der Waals surface area (Å²) in [7, 11) is 0. The zero-order valence-corrected chi connectivity index (χ0v) is 11.9. The average molecular weight is 280 g/mol. The Kier molecular flexibility index (Phi) is 3.72. The molecule has 0 spiro atoms. The van der Waals surface area contributed by atoms with Crippen LogP contribution in [0.2, 0.25) is 0 Å². The molecule has 1 unspecified atom stereocenters. The van der Waals surface area contributed by atoms with Gasteiger partial charge in [-0.05, 0) is 37.3 Å². The Morgan fingerprint density at radius 3 is 3.28 bits per heavy atom. The number of aromatic nitrogens is 1. The Morgan fingerprint density at radius 2 is 2.50 bits per heavy atom. The van der Waals surface area contributed by atoms with Gasteiger partial charge in [0.15, 0.2) is 4.34 Å². The molecule has 1 N–H and O–H groups in total. The van der Waals surface area contributed by atoms with Crippen molar-refractivity contribution >= 4 is 39.0 Å². The summed E-state index contributed by atoms with van der Waals surface area (Å²) in [5.41, 5.74) is 2.25. The zero-order valence-electron chi connectivity index (χ0n) is 10.3. The van der Waals surface area contributed by atoms with E-state index in [0.29, 0.717) is 6.10 Å². The number of thioether (sulfide) groups is 1. The lowest BCUT2D eigenvalue weighted by Gasteiger charge is -2.11. The molecule has 0 amide bonds. The fourth-order valence-corrected chi connectivity index (χ4v) is 3.67. The van der Waals surface area contributed by atoms with Crippen molar-refractivity contribution in [2.75, 3.05) is 24.7 Å². The van der Waals surface area contributed by atoms with E-state index in [1.54, 1.807) is 23.1 Å². The molecule has 3 rings (SSSR count). The number of fused-ring (bicyclic) bond motifs is 1. The number of benzene rings is 1. The van der Waals surface area contributed by atoms with Gasteiger partial charge < -0.3 is 10.1 Å². The van der Waals surface area contributed by atoms with E-state index >= 15 is 0 Å². The van der Waals surface area contributed by atoms with Crippen LogP contribution in [0.1, 0.15) is 12.8 Å². The van der Waals surface area contributed by atoms with Crippen molar-refractivity contribution < 1.29 is 4.74 Å². The van der Waals surface area contributed by atoms with E-state index in [2.05, 4.69) is 34.8 Å². The summed E-state index contributed by atoms with van der Waals surface area (Å²) in [5.74, 6) is 0. The number of ether oxygens (including phenoxy) is 1. The number of thiazole rings is 1. The monoisotopic (exact) mass is 280 g/mol. The van der Waals surface area contributed by atoms with Gasteiger partial charge in [0.25, 0.3) is 0 Å². The molecule has 0 radical (unpaired) electrons. The second-order valence-electron chi connectivity index (χ2n) is 4.38. The van der Waals surface area contributed by atoms with Gasteiger partial charge in [-0.2, -0.15) is 0 Å². The minimum absolute atomic E-state index is 0.379. The van der Waals surface area contributed by atoms with Gasteiger partial charge in [-0.25, -0.2) is 4.98 Å². The van der Waals surface area contributed by atoms with Crippen LogP contribution < -0.4 is 5.32 Å². The maximum Gasteiger partial charge on any atom is 0.150 e. The summed E-state index contributed by atoms with van der Waals surface area (Å²) in [6.45, 7) is 1.82. The van der Waals surface area contributed by atoms with Crippen LogP contribution in [0, 0.1) is 0 Å². The van der Waals surface area contributed by atoms with Crippen molar-refractivity contribution in [3.63, 3.8) is 0 Å². The van der Waals surface area contributed by atoms with Crippen LogP contribution in [-0.4, -0.2) is 30.5 Å². The molecule has 0 aliphatic carbocycles. The zero-order chi connectivity index (χ0) is 12.4. The van der Waals surface area contributed by atoms with Crippen molar-refractivity contribution in [3.8, 4) is 0 Å². The molecule has 18 heavy (non-hydrogen) atoms. The van der Waals surface area contributed by atoms with Crippen molar-refractivity contribution in [2.24, 2.45) is 0 Å². The van der Waals surface area contributed by atoms with Gasteiger partial charge >= 0.3 is 0 Å². The fraction of sp³-hybridized carbons (Fsp3) is 0.462. The summed E-state index contributed by atoms with van der Waals surface area (Å²) in [6, 6.07) is 6.37. The largest absolute Gasteiger partial charge is 0.382 e. The lowest BCUT2D eigenvalue weighted by Crippen LogP contribution is -2.18. The predicted octanol–water partition coefficient (Wildman–Crippen LogP) is 3.61. The molecule has 1 aliphatic rings. The molecular weight excluding hydrogens is 264 g/mol. The van der Waals surface area contributed by atoms with Crippen LogP contribution >= 0.6 is 23.1 Å². The molecule has 1 aromatic carbocycles. The van der Waals surface area contributed by atoms with Crippen LogP contribution in [0.3, 0.4) is 0 Å². The fourth-order valence-electron chi connectivity index (χ4n) is 2.14. The highest BCUT2D eigenvalue weighted by Gasteiger charge is 2.14. The van der Waals surface area contributed by atoms with Gasteiger partial charge in [-0.3, -0.25) is 0 Å². The van der Waals surface area contributed by atoms with Crippen molar-refractivity contribution in [2.45, 2.75) is 23.3 Å².